The minimum Gasteiger partial charge on any atom is -0.493 e. The molecule has 1 N–H and O–H groups in total. The van der Waals surface area contributed by atoms with E-state index in [0.717, 1.165) is 4.47 Å². The van der Waals surface area contributed by atoms with Gasteiger partial charge in [0, 0.05) is 4.47 Å². The first-order valence-electron chi connectivity index (χ1n) is 9.77. The summed E-state index contributed by atoms with van der Waals surface area (Å²) in [4.78, 5) is 24.6. The maximum atomic E-state index is 12.4. The summed E-state index contributed by atoms with van der Waals surface area (Å²) in [5.74, 6) is 0.0907. The molecule has 7 nitrogen and oxygen atoms in total. The third kappa shape index (κ3) is 6.81. The van der Waals surface area contributed by atoms with Crippen LogP contribution in [0.2, 0.25) is 5.02 Å². The van der Waals surface area contributed by atoms with Crippen LogP contribution in [0.3, 0.4) is 0 Å². The summed E-state index contributed by atoms with van der Waals surface area (Å²) in [6, 6.07) is 18.6. The summed E-state index contributed by atoms with van der Waals surface area (Å²) in [5.41, 5.74) is 3.29. The number of methoxy groups -OCH3 is 1. The Balaban J connectivity index is 1.60. The molecule has 0 aliphatic carbocycles. The number of halogens is 2. The van der Waals surface area contributed by atoms with Crippen LogP contribution in [0, 0.1) is 0 Å². The molecule has 170 valence electrons. The number of hydrogen-bond acceptors (Lipinski definition) is 6. The van der Waals surface area contributed by atoms with Gasteiger partial charge in [0.15, 0.2) is 17.6 Å². The van der Waals surface area contributed by atoms with Gasteiger partial charge in [-0.2, -0.15) is 5.10 Å². The van der Waals surface area contributed by atoms with E-state index in [4.69, 9.17) is 25.8 Å². The van der Waals surface area contributed by atoms with E-state index in [0.29, 0.717) is 22.1 Å². The molecule has 0 saturated heterocycles. The Bertz CT molecular complexity index is 1170. The number of hydrazone groups is 1. The maximum absolute atomic E-state index is 12.4. The Morgan fingerprint density at radius 2 is 1.79 bits per heavy atom. The predicted octanol–water partition coefficient (Wildman–Crippen LogP) is 5.25. The molecule has 0 bridgehead atoms. The molecule has 3 aromatic rings. The monoisotopic (exact) mass is 530 g/mol. The highest BCUT2D eigenvalue weighted by Gasteiger charge is 2.16. The molecular formula is C24H20BrClN2O5. The van der Waals surface area contributed by atoms with E-state index >= 15 is 0 Å². The molecule has 0 aromatic heterocycles. The second-order valence-corrected chi connectivity index (χ2v) is 8.05. The van der Waals surface area contributed by atoms with Crippen LogP contribution in [0.5, 0.6) is 17.2 Å². The first kappa shape index (κ1) is 24.3. The van der Waals surface area contributed by atoms with Gasteiger partial charge in [0.25, 0.3) is 5.91 Å². The van der Waals surface area contributed by atoms with E-state index in [1.165, 1.54) is 13.3 Å². The molecule has 0 spiro atoms. The molecule has 0 radical (unpaired) electrons. The minimum absolute atomic E-state index is 0.222. The Morgan fingerprint density at radius 3 is 2.48 bits per heavy atom. The fourth-order valence-electron chi connectivity index (χ4n) is 2.66. The van der Waals surface area contributed by atoms with Crippen LogP contribution in [0.1, 0.15) is 22.8 Å². The Hall–Kier alpha value is -3.36. The quantitative estimate of drug-likeness (QED) is 0.186. The lowest BCUT2D eigenvalue weighted by atomic mass is 10.2. The molecule has 0 saturated carbocycles. The number of carbonyl (C=O) groups excluding carboxylic acids is 2. The smallest absolute Gasteiger partial charge is 0.345 e. The molecule has 0 heterocycles. The summed E-state index contributed by atoms with van der Waals surface area (Å²) in [6.45, 7) is 1.62. The van der Waals surface area contributed by atoms with E-state index in [1.54, 1.807) is 61.5 Å². The van der Waals surface area contributed by atoms with Crippen molar-refractivity contribution in [1.29, 1.82) is 0 Å². The van der Waals surface area contributed by atoms with Gasteiger partial charge in [-0.1, -0.05) is 39.7 Å². The summed E-state index contributed by atoms with van der Waals surface area (Å²) in [7, 11) is 1.45. The average molecular weight is 532 g/mol. The van der Waals surface area contributed by atoms with Crippen LogP contribution < -0.4 is 19.6 Å². The summed E-state index contributed by atoms with van der Waals surface area (Å²) in [5, 5.41) is 4.24. The van der Waals surface area contributed by atoms with Crippen molar-refractivity contribution in [3.05, 3.63) is 87.4 Å². The van der Waals surface area contributed by atoms with Crippen molar-refractivity contribution in [3.63, 3.8) is 0 Å². The molecule has 0 aliphatic rings. The van der Waals surface area contributed by atoms with Gasteiger partial charge in [0.1, 0.15) is 5.75 Å². The SMILES string of the molecule is COc1cc(/C=N\NC(=O)[C@@H](C)Oc2ccc(Br)cc2)ccc1OC(=O)c1ccccc1Cl. The molecule has 0 aliphatic heterocycles. The fourth-order valence-corrected chi connectivity index (χ4v) is 3.14. The van der Waals surface area contributed by atoms with Crippen molar-refractivity contribution in [2.45, 2.75) is 13.0 Å². The van der Waals surface area contributed by atoms with Crippen LogP contribution in [0.4, 0.5) is 0 Å². The lowest BCUT2D eigenvalue weighted by Gasteiger charge is -2.13. The van der Waals surface area contributed by atoms with Gasteiger partial charge < -0.3 is 14.2 Å². The number of nitrogens with zero attached hydrogens (tertiary/aromatic N) is 1. The lowest BCUT2D eigenvalue weighted by Crippen LogP contribution is -2.33. The third-order valence-corrected chi connectivity index (χ3v) is 5.23. The third-order valence-electron chi connectivity index (χ3n) is 4.37. The second kappa shape index (κ2) is 11.5. The first-order valence-corrected chi connectivity index (χ1v) is 10.9. The number of benzene rings is 3. The molecule has 3 rings (SSSR count). The zero-order chi connectivity index (χ0) is 23.8. The van der Waals surface area contributed by atoms with Crippen LogP contribution >= 0.6 is 27.5 Å². The highest BCUT2D eigenvalue weighted by atomic mass is 79.9. The zero-order valence-electron chi connectivity index (χ0n) is 17.7. The molecule has 33 heavy (non-hydrogen) atoms. The first-order chi connectivity index (χ1) is 15.9. The Labute approximate surface area is 204 Å². The predicted molar refractivity (Wildman–Crippen MR) is 129 cm³/mol. The minimum atomic E-state index is -0.746. The van der Waals surface area contributed by atoms with E-state index < -0.39 is 18.0 Å². The highest BCUT2D eigenvalue weighted by molar-refractivity contribution is 9.10. The molecule has 1 amide bonds. The van der Waals surface area contributed by atoms with Crippen molar-refractivity contribution in [2.75, 3.05) is 7.11 Å². The standard InChI is InChI=1S/C24H20BrClN2O5/c1-15(32-18-10-8-17(25)9-11-18)23(29)28-27-14-16-7-12-21(22(13-16)31-2)33-24(30)19-5-3-4-6-20(19)26/h3-15H,1-2H3,(H,28,29)/b27-14-/t15-/m1/s1. The number of hydrogen-bond donors (Lipinski definition) is 1. The van der Waals surface area contributed by atoms with Crippen LogP contribution in [-0.4, -0.2) is 31.3 Å². The summed E-state index contributed by atoms with van der Waals surface area (Å²) in [6.07, 6.45) is 0.691. The van der Waals surface area contributed by atoms with Gasteiger partial charge in [-0.15, -0.1) is 0 Å². The highest BCUT2D eigenvalue weighted by Crippen LogP contribution is 2.29. The van der Waals surface area contributed by atoms with Crippen molar-refractivity contribution in [2.24, 2.45) is 5.10 Å². The van der Waals surface area contributed by atoms with Crippen LogP contribution in [0.25, 0.3) is 0 Å². The van der Waals surface area contributed by atoms with Gasteiger partial charge in [0.05, 0.1) is 23.9 Å². The molecule has 0 unspecified atom stereocenters. The molecule has 0 fully saturated rings. The summed E-state index contributed by atoms with van der Waals surface area (Å²) >= 11 is 9.39. The van der Waals surface area contributed by atoms with Crippen LogP contribution in [-0.2, 0) is 4.79 Å². The number of rotatable bonds is 8. The van der Waals surface area contributed by atoms with Gasteiger partial charge in [0.2, 0.25) is 0 Å². The largest absolute Gasteiger partial charge is 0.493 e. The topological polar surface area (TPSA) is 86.2 Å². The van der Waals surface area contributed by atoms with E-state index in [2.05, 4.69) is 26.5 Å². The van der Waals surface area contributed by atoms with Gasteiger partial charge >= 0.3 is 5.97 Å². The Morgan fingerprint density at radius 1 is 1.06 bits per heavy atom. The Kier molecular flexibility index (Phi) is 8.46. The van der Waals surface area contributed by atoms with Gasteiger partial charge in [-0.3, -0.25) is 4.79 Å². The summed E-state index contributed by atoms with van der Waals surface area (Å²) < 4.78 is 17.2. The van der Waals surface area contributed by atoms with Gasteiger partial charge in [-0.25, -0.2) is 10.2 Å². The normalized spacial score (nSPS) is 11.6. The second-order valence-electron chi connectivity index (χ2n) is 6.73. The molecular weight excluding hydrogens is 512 g/mol. The number of amides is 1. The van der Waals surface area contributed by atoms with E-state index in [9.17, 15) is 9.59 Å². The van der Waals surface area contributed by atoms with Gasteiger partial charge in [-0.05, 0) is 67.1 Å². The van der Waals surface area contributed by atoms with Crippen molar-refractivity contribution in [1.82, 2.24) is 5.43 Å². The molecule has 1 atom stereocenters. The average Bonchev–Trinajstić information content (AvgIpc) is 2.81. The molecule has 3 aromatic carbocycles. The fraction of sp³-hybridized carbons (Fsp3) is 0.125. The van der Waals surface area contributed by atoms with E-state index in [-0.39, 0.29) is 11.3 Å². The van der Waals surface area contributed by atoms with E-state index in [1.807, 2.05) is 12.1 Å². The lowest BCUT2D eigenvalue weighted by molar-refractivity contribution is -0.127. The van der Waals surface area contributed by atoms with Crippen molar-refractivity contribution < 1.29 is 23.8 Å². The van der Waals surface area contributed by atoms with Crippen LogP contribution in [0.15, 0.2) is 76.3 Å². The zero-order valence-corrected chi connectivity index (χ0v) is 20.1. The number of esters is 1. The molecule has 9 heteroatoms. The van der Waals surface area contributed by atoms with Crippen molar-refractivity contribution >= 4 is 45.6 Å². The number of carbonyl (C=O) groups is 2. The number of nitrogens with one attached hydrogen (secondary N) is 1. The van der Waals surface area contributed by atoms with Crippen molar-refractivity contribution in [3.8, 4) is 17.2 Å². The number of ether oxygens (including phenoxy) is 3. The maximum Gasteiger partial charge on any atom is 0.345 e.